The van der Waals surface area contributed by atoms with Gasteiger partial charge in [-0.25, -0.2) is 4.98 Å². The molecule has 0 radical (unpaired) electrons. The zero-order valence-electron chi connectivity index (χ0n) is 10.5. The van der Waals surface area contributed by atoms with Crippen LogP contribution in [0.4, 0.5) is 0 Å². The van der Waals surface area contributed by atoms with Crippen molar-refractivity contribution in [1.82, 2.24) is 10.3 Å². The first-order valence-corrected chi connectivity index (χ1v) is 7.48. The van der Waals surface area contributed by atoms with Gasteiger partial charge < -0.3 is 10.1 Å². The van der Waals surface area contributed by atoms with Crippen LogP contribution in [-0.2, 0) is 4.74 Å². The lowest BCUT2D eigenvalue weighted by atomic mass is 10.0. The van der Waals surface area contributed by atoms with E-state index in [9.17, 15) is 0 Å². The van der Waals surface area contributed by atoms with E-state index in [-0.39, 0.29) is 6.10 Å². The summed E-state index contributed by atoms with van der Waals surface area (Å²) in [6.07, 6.45) is 8.43. The average Bonchev–Trinajstić information content (AvgIpc) is 2.89. The summed E-state index contributed by atoms with van der Waals surface area (Å²) in [6.45, 7) is 4.12. The number of ether oxygens (including phenoxy) is 1. The number of piperidine rings is 1. The van der Waals surface area contributed by atoms with Crippen LogP contribution in [0, 0.1) is 0 Å². The highest BCUT2D eigenvalue weighted by molar-refractivity contribution is 7.09. The lowest BCUT2D eigenvalue weighted by Gasteiger charge is -2.23. The number of hydrogen-bond donors (Lipinski definition) is 1. The standard InChI is InChI=1S/C13H22N2OS/c1-11(13-15-8-10-17-13)16-9-4-6-12-5-2-3-7-14-12/h8,10-12,14H,2-7,9H2,1H3/t11-,12-/m0/s1. The van der Waals surface area contributed by atoms with Crippen LogP contribution in [0.25, 0.3) is 0 Å². The third-order valence-corrected chi connectivity index (χ3v) is 4.21. The summed E-state index contributed by atoms with van der Waals surface area (Å²) in [5.41, 5.74) is 0. The zero-order valence-corrected chi connectivity index (χ0v) is 11.3. The molecule has 17 heavy (non-hydrogen) atoms. The van der Waals surface area contributed by atoms with Gasteiger partial charge in [0, 0.05) is 24.2 Å². The van der Waals surface area contributed by atoms with Crippen molar-refractivity contribution >= 4 is 11.3 Å². The highest BCUT2D eigenvalue weighted by Gasteiger charge is 2.12. The van der Waals surface area contributed by atoms with Gasteiger partial charge in [0.1, 0.15) is 11.1 Å². The molecule has 0 bridgehead atoms. The van der Waals surface area contributed by atoms with E-state index in [0.717, 1.165) is 24.1 Å². The number of hydrogen-bond acceptors (Lipinski definition) is 4. The number of thiazole rings is 1. The lowest BCUT2D eigenvalue weighted by molar-refractivity contribution is 0.0610. The Morgan fingerprint density at radius 1 is 1.59 bits per heavy atom. The highest BCUT2D eigenvalue weighted by Crippen LogP contribution is 2.19. The van der Waals surface area contributed by atoms with E-state index < -0.39 is 0 Å². The summed E-state index contributed by atoms with van der Waals surface area (Å²) >= 11 is 1.67. The third kappa shape index (κ3) is 4.37. The molecule has 2 heterocycles. The van der Waals surface area contributed by atoms with Crippen LogP contribution in [0.2, 0.25) is 0 Å². The minimum Gasteiger partial charge on any atom is -0.371 e. The molecule has 0 aromatic carbocycles. The summed E-state index contributed by atoms with van der Waals surface area (Å²) in [7, 11) is 0. The quantitative estimate of drug-likeness (QED) is 0.792. The Morgan fingerprint density at radius 2 is 2.53 bits per heavy atom. The normalized spacial score (nSPS) is 22.5. The molecule has 1 N–H and O–H groups in total. The molecule has 0 amide bonds. The van der Waals surface area contributed by atoms with E-state index in [1.165, 1.54) is 32.2 Å². The summed E-state index contributed by atoms with van der Waals surface area (Å²) in [4.78, 5) is 4.27. The van der Waals surface area contributed by atoms with Crippen molar-refractivity contribution in [2.24, 2.45) is 0 Å². The van der Waals surface area contributed by atoms with Crippen molar-refractivity contribution in [3.8, 4) is 0 Å². The molecule has 96 valence electrons. The van der Waals surface area contributed by atoms with E-state index in [1.54, 1.807) is 11.3 Å². The fraction of sp³-hybridized carbons (Fsp3) is 0.769. The average molecular weight is 254 g/mol. The Hall–Kier alpha value is -0.450. The smallest absolute Gasteiger partial charge is 0.121 e. The Bertz CT molecular complexity index is 296. The maximum absolute atomic E-state index is 5.80. The molecule has 2 atom stereocenters. The van der Waals surface area contributed by atoms with Gasteiger partial charge in [-0.2, -0.15) is 0 Å². The van der Waals surface area contributed by atoms with Gasteiger partial charge >= 0.3 is 0 Å². The number of nitrogens with one attached hydrogen (secondary N) is 1. The van der Waals surface area contributed by atoms with Crippen LogP contribution in [0.1, 0.15) is 50.1 Å². The largest absolute Gasteiger partial charge is 0.371 e. The molecule has 1 aliphatic rings. The first kappa shape index (κ1) is 13.0. The molecule has 0 spiro atoms. The van der Waals surface area contributed by atoms with E-state index in [2.05, 4.69) is 17.2 Å². The maximum atomic E-state index is 5.80. The van der Waals surface area contributed by atoms with E-state index >= 15 is 0 Å². The highest BCUT2D eigenvalue weighted by atomic mass is 32.1. The summed E-state index contributed by atoms with van der Waals surface area (Å²) in [5, 5.41) is 6.65. The van der Waals surface area contributed by atoms with E-state index in [4.69, 9.17) is 4.74 Å². The molecule has 0 aliphatic carbocycles. The second-order valence-corrected chi connectivity index (χ2v) is 5.60. The van der Waals surface area contributed by atoms with Gasteiger partial charge in [-0.15, -0.1) is 11.3 Å². The molecule has 1 aliphatic heterocycles. The first-order valence-electron chi connectivity index (χ1n) is 6.60. The second-order valence-electron chi connectivity index (χ2n) is 4.67. The molecule has 0 saturated carbocycles. The summed E-state index contributed by atoms with van der Waals surface area (Å²) in [5.74, 6) is 0. The van der Waals surface area contributed by atoms with Crippen molar-refractivity contribution in [3.05, 3.63) is 16.6 Å². The molecule has 3 nitrogen and oxygen atoms in total. The van der Waals surface area contributed by atoms with Gasteiger partial charge in [-0.3, -0.25) is 0 Å². The molecule has 1 aromatic rings. The molecule has 2 rings (SSSR count). The van der Waals surface area contributed by atoms with Crippen LogP contribution in [0.15, 0.2) is 11.6 Å². The summed E-state index contributed by atoms with van der Waals surface area (Å²) in [6, 6.07) is 0.725. The van der Waals surface area contributed by atoms with Crippen LogP contribution >= 0.6 is 11.3 Å². The molecular weight excluding hydrogens is 232 g/mol. The molecule has 1 aromatic heterocycles. The molecule has 0 unspecified atom stereocenters. The number of nitrogens with zero attached hydrogens (tertiary/aromatic N) is 1. The first-order chi connectivity index (χ1) is 8.36. The molecule has 1 fully saturated rings. The summed E-state index contributed by atoms with van der Waals surface area (Å²) < 4.78 is 5.80. The Morgan fingerprint density at radius 3 is 3.24 bits per heavy atom. The fourth-order valence-electron chi connectivity index (χ4n) is 2.27. The van der Waals surface area contributed by atoms with E-state index in [0.29, 0.717) is 0 Å². The van der Waals surface area contributed by atoms with Gasteiger partial charge in [0.25, 0.3) is 0 Å². The van der Waals surface area contributed by atoms with Crippen molar-refractivity contribution in [2.75, 3.05) is 13.2 Å². The van der Waals surface area contributed by atoms with Gasteiger partial charge in [-0.05, 0) is 39.2 Å². The third-order valence-electron chi connectivity index (χ3n) is 3.28. The minimum atomic E-state index is 0.148. The topological polar surface area (TPSA) is 34.1 Å². The SMILES string of the molecule is C[C@H](OCCC[C@@H]1CCCCN1)c1nccs1. The molecule has 1 saturated heterocycles. The van der Waals surface area contributed by atoms with Crippen LogP contribution in [-0.4, -0.2) is 24.2 Å². The van der Waals surface area contributed by atoms with Crippen molar-refractivity contribution in [2.45, 2.75) is 51.2 Å². The van der Waals surface area contributed by atoms with Crippen molar-refractivity contribution in [1.29, 1.82) is 0 Å². The lowest BCUT2D eigenvalue weighted by Crippen LogP contribution is -2.34. The minimum absolute atomic E-state index is 0.148. The van der Waals surface area contributed by atoms with Gasteiger partial charge in [-0.1, -0.05) is 6.42 Å². The number of rotatable bonds is 6. The monoisotopic (exact) mass is 254 g/mol. The maximum Gasteiger partial charge on any atom is 0.121 e. The Labute approximate surface area is 108 Å². The van der Waals surface area contributed by atoms with Crippen LogP contribution < -0.4 is 5.32 Å². The van der Waals surface area contributed by atoms with E-state index in [1.807, 2.05) is 11.6 Å². The predicted molar refractivity (Wildman–Crippen MR) is 71.4 cm³/mol. The van der Waals surface area contributed by atoms with Gasteiger partial charge in [0.2, 0.25) is 0 Å². The Kier molecular flexibility index (Phi) is 5.42. The second kappa shape index (κ2) is 7.09. The van der Waals surface area contributed by atoms with Crippen molar-refractivity contribution in [3.63, 3.8) is 0 Å². The van der Waals surface area contributed by atoms with Crippen molar-refractivity contribution < 1.29 is 4.74 Å². The molecular formula is C13H22N2OS. The molecule has 4 heteroatoms. The predicted octanol–water partition coefficient (Wildman–Crippen LogP) is 3.14. The fourth-order valence-corrected chi connectivity index (χ4v) is 2.91. The van der Waals surface area contributed by atoms with Crippen LogP contribution in [0.5, 0.6) is 0 Å². The van der Waals surface area contributed by atoms with Gasteiger partial charge in [0.05, 0.1) is 0 Å². The van der Waals surface area contributed by atoms with Crippen LogP contribution in [0.3, 0.4) is 0 Å². The number of aromatic nitrogens is 1. The Balaban J connectivity index is 1.56. The zero-order chi connectivity index (χ0) is 11.9. The van der Waals surface area contributed by atoms with Gasteiger partial charge in [0.15, 0.2) is 0 Å².